The summed E-state index contributed by atoms with van der Waals surface area (Å²) in [6, 6.07) is 3.00. The third-order valence-electron chi connectivity index (χ3n) is 5.46. The van der Waals surface area contributed by atoms with Crippen molar-refractivity contribution in [1.82, 2.24) is 18.7 Å². The molecule has 0 radical (unpaired) electrons. The Morgan fingerprint density at radius 2 is 1.79 bits per heavy atom. The minimum Gasteiger partial charge on any atom is -0.322 e. The normalized spacial score (nSPS) is 15.6. The van der Waals surface area contributed by atoms with E-state index in [1.165, 1.54) is 21.5 Å². The van der Waals surface area contributed by atoms with Crippen LogP contribution in [-0.2, 0) is 0 Å². The van der Waals surface area contributed by atoms with Crippen LogP contribution in [-0.4, -0.2) is 18.7 Å². The molecule has 0 amide bonds. The number of nitrogens with zero attached hydrogens (tertiary/aromatic N) is 4. The molecule has 1 aliphatic carbocycles. The Kier molecular flexibility index (Phi) is 4.64. The first kappa shape index (κ1) is 18.6. The lowest BCUT2D eigenvalue weighted by atomic mass is 9.95. The van der Waals surface area contributed by atoms with E-state index >= 15 is 0 Å². The van der Waals surface area contributed by atoms with E-state index in [1.807, 2.05) is 13.8 Å². The molecule has 8 heteroatoms. The van der Waals surface area contributed by atoms with Gasteiger partial charge in [-0.2, -0.15) is 0 Å². The van der Waals surface area contributed by atoms with Gasteiger partial charge in [-0.05, 0) is 38.8 Å². The maximum Gasteiger partial charge on any atom is 0.337 e. The van der Waals surface area contributed by atoms with Crippen LogP contribution in [0.4, 0.5) is 8.78 Å². The van der Waals surface area contributed by atoms with Gasteiger partial charge >= 0.3 is 5.69 Å². The molecule has 0 atom stereocenters. The fraction of sp³-hybridized carbons (Fsp3) is 0.450. The van der Waals surface area contributed by atoms with E-state index in [0.717, 1.165) is 44.2 Å². The highest BCUT2D eigenvalue weighted by atomic mass is 19.2. The van der Waals surface area contributed by atoms with Gasteiger partial charge in [0.1, 0.15) is 0 Å². The van der Waals surface area contributed by atoms with Crippen molar-refractivity contribution in [2.75, 3.05) is 0 Å². The third-order valence-corrected chi connectivity index (χ3v) is 5.46. The molecule has 0 N–H and O–H groups in total. The number of benzene rings is 1. The first-order valence-corrected chi connectivity index (χ1v) is 9.59. The molecule has 0 unspecified atom stereocenters. The van der Waals surface area contributed by atoms with Gasteiger partial charge in [-0.15, -0.1) is 0 Å². The van der Waals surface area contributed by atoms with Crippen molar-refractivity contribution in [2.45, 2.75) is 58.0 Å². The van der Waals surface area contributed by atoms with E-state index in [-0.39, 0.29) is 29.0 Å². The highest BCUT2D eigenvalue weighted by molar-refractivity contribution is 5.72. The van der Waals surface area contributed by atoms with Crippen LogP contribution in [0, 0.1) is 11.6 Å². The van der Waals surface area contributed by atoms with Crippen molar-refractivity contribution in [2.24, 2.45) is 0 Å². The summed E-state index contributed by atoms with van der Waals surface area (Å²) in [6.45, 7) is 3.83. The van der Waals surface area contributed by atoms with Gasteiger partial charge in [0.15, 0.2) is 22.8 Å². The molecule has 1 fully saturated rings. The lowest BCUT2D eigenvalue weighted by Gasteiger charge is -2.24. The predicted octanol–water partition coefficient (Wildman–Crippen LogP) is 3.71. The third kappa shape index (κ3) is 2.87. The monoisotopic (exact) mass is 388 g/mol. The predicted molar refractivity (Wildman–Crippen MR) is 102 cm³/mol. The molecule has 0 aliphatic heterocycles. The maximum absolute atomic E-state index is 13.9. The van der Waals surface area contributed by atoms with Crippen molar-refractivity contribution < 1.29 is 8.78 Å². The van der Waals surface area contributed by atoms with E-state index < -0.39 is 17.3 Å². The number of rotatable bonds is 3. The number of hydrogen-bond acceptors (Lipinski definition) is 3. The van der Waals surface area contributed by atoms with Crippen molar-refractivity contribution >= 4 is 11.2 Å². The Morgan fingerprint density at radius 1 is 1.07 bits per heavy atom. The smallest absolute Gasteiger partial charge is 0.322 e. The molecule has 0 bridgehead atoms. The van der Waals surface area contributed by atoms with Crippen LogP contribution in [0.15, 0.2) is 34.1 Å². The summed E-state index contributed by atoms with van der Waals surface area (Å²) in [5, 5.41) is 0. The van der Waals surface area contributed by atoms with Gasteiger partial charge in [0.05, 0.1) is 12.0 Å². The summed E-state index contributed by atoms with van der Waals surface area (Å²) in [5.74, 6) is -2.06. The first-order chi connectivity index (χ1) is 13.4. The number of fused-ring (bicyclic) bond motifs is 1. The second kappa shape index (κ2) is 7.00. The Hall–Kier alpha value is -2.77. The molecule has 4 rings (SSSR count). The average Bonchev–Trinajstić information content (AvgIpc) is 3.11. The minimum absolute atomic E-state index is 0.0478. The maximum atomic E-state index is 13.9. The SMILES string of the molecule is CC(C)n1cnc2c1c(=O)n(C1CCCCC1)c(=O)n2-c1ccc(F)c(F)c1. The van der Waals surface area contributed by atoms with E-state index in [9.17, 15) is 18.4 Å². The van der Waals surface area contributed by atoms with Gasteiger partial charge in [0, 0.05) is 18.2 Å². The van der Waals surface area contributed by atoms with Crippen molar-refractivity contribution in [1.29, 1.82) is 0 Å². The van der Waals surface area contributed by atoms with Crippen LogP contribution in [0.5, 0.6) is 0 Å². The van der Waals surface area contributed by atoms with Crippen molar-refractivity contribution in [3.05, 3.63) is 57.0 Å². The number of imidazole rings is 1. The summed E-state index contributed by atoms with van der Waals surface area (Å²) < 4.78 is 31.5. The zero-order valence-corrected chi connectivity index (χ0v) is 15.9. The van der Waals surface area contributed by atoms with Crippen LogP contribution in [0.1, 0.15) is 58.0 Å². The lowest BCUT2D eigenvalue weighted by molar-refractivity contribution is 0.335. The largest absolute Gasteiger partial charge is 0.337 e. The van der Waals surface area contributed by atoms with E-state index in [2.05, 4.69) is 4.98 Å². The highest BCUT2D eigenvalue weighted by Gasteiger charge is 2.26. The standard InChI is InChI=1S/C20H22F2N4O2/c1-12(2)24-11-23-18-17(24)19(27)26(13-6-4-3-5-7-13)20(28)25(18)14-8-9-15(21)16(22)10-14/h8-13H,3-7H2,1-2H3. The quantitative estimate of drug-likeness (QED) is 0.687. The zero-order valence-electron chi connectivity index (χ0n) is 15.9. The molecule has 1 aliphatic rings. The van der Waals surface area contributed by atoms with Gasteiger partial charge in [-0.1, -0.05) is 19.3 Å². The topological polar surface area (TPSA) is 61.8 Å². The van der Waals surface area contributed by atoms with Gasteiger partial charge < -0.3 is 4.57 Å². The summed E-state index contributed by atoms with van der Waals surface area (Å²) in [6.07, 6.45) is 5.97. The van der Waals surface area contributed by atoms with Gasteiger partial charge in [0.2, 0.25) is 0 Å². The molecule has 148 valence electrons. The Balaban J connectivity index is 2.09. The van der Waals surface area contributed by atoms with E-state index in [4.69, 9.17) is 0 Å². The van der Waals surface area contributed by atoms with Crippen LogP contribution >= 0.6 is 0 Å². The van der Waals surface area contributed by atoms with Crippen molar-refractivity contribution in [3.8, 4) is 5.69 Å². The minimum atomic E-state index is -1.06. The van der Waals surface area contributed by atoms with E-state index in [1.54, 1.807) is 4.57 Å². The van der Waals surface area contributed by atoms with Gasteiger partial charge in [-0.3, -0.25) is 9.36 Å². The molecule has 28 heavy (non-hydrogen) atoms. The Labute approximate surface area is 160 Å². The van der Waals surface area contributed by atoms with Gasteiger partial charge in [0.25, 0.3) is 5.56 Å². The zero-order chi connectivity index (χ0) is 20.0. The fourth-order valence-electron chi connectivity index (χ4n) is 4.03. The number of aromatic nitrogens is 4. The first-order valence-electron chi connectivity index (χ1n) is 9.59. The van der Waals surface area contributed by atoms with Crippen LogP contribution < -0.4 is 11.2 Å². The average molecular weight is 388 g/mol. The number of halogens is 2. The van der Waals surface area contributed by atoms with Crippen LogP contribution in [0.25, 0.3) is 16.9 Å². The van der Waals surface area contributed by atoms with Crippen LogP contribution in [0.2, 0.25) is 0 Å². The fourth-order valence-corrected chi connectivity index (χ4v) is 4.03. The molecule has 0 spiro atoms. The van der Waals surface area contributed by atoms with Gasteiger partial charge in [-0.25, -0.2) is 23.1 Å². The summed E-state index contributed by atoms with van der Waals surface area (Å²) in [4.78, 5) is 30.9. The molecular weight excluding hydrogens is 366 g/mol. The lowest BCUT2D eigenvalue weighted by Crippen LogP contribution is -2.43. The van der Waals surface area contributed by atoms with Crippen molar-refractivity contribution in [3.63, 3.8) is 0 Å². The Bertz CT molecular complexity index is 1150. The summed E-state index contributed by atoms with van der Waals surface area (Å²) in [5.41, 5.74) is -0.347. The molecule has 1 aromatic carbocycles. The molecule has 0 saturated heterocycles. The molecular formula is C20H22F2N4O2. The highest BCUT2D eigenvalue weighted by Crippen LogP contribution is 2.27. The molecule has 2 aromatic heterocycles. The number of hydrogen-bond donors (Lipinski definition) is 0. The Morgan fingerprint density at radius 3 is 2.43 bits per heavy atom. The molecule has 6 nitrogen and oxygen atoms in total. The summed E-state index contributed by atoms with van der Waals surface area (Å²) in [7, 11) is 0. The molecule has 2 heterocycles. The molecule has 3 aromatic rings. The molecule has 1 saturated carbocycles. The second-order valence-electron chi connectivity index (χ2n) is 7.60. The van der Waals surface area contributed by atoms with Crippen LogP contribution in [0.3, 0.4) is 0 Å². The second-order valence-corrected chi connectivity index (χ2v) is 7.60. The summed E-state index contributed by atoms with van der Waals surface area (Å²) >= 11 is 0. The van der Waals surface area contributed by atoms with E-state index in [0.29, 0.717) is 5.52 Å².